The van der Waals surface area contributed by atoms with Crippen LogP contribution >= 0.6 is 0 Å². The lowest BCUT2D eigenvalue weighted by molar-refractivity contribution is -0.131. The van der Waals surface area contributed by atoms with Crippen LogP contribution in [0.1, 0.15) is 46.2 Å². The lowest BCUT2D eigenvalue weighted by atomic mass is 9.83. The van der Waals surface area contributed by atoms with Gasteiger partial charge in [-0.05, 0) is 102 Å². The summed E-state index contributed by atoms with van der Waals surface area (Å²) in [4.78, 5) is 76.6. The average Bonchev–Trinajstić information content (AvgIpc) is 3.38. The molecular weight excluding hydrogens is 1010 g/mol. The Morgan fingerprint density at radius 2 is 0.831 bits per heavy atom. The quantitative estimate of drug-likeness (QED) is 0.0292. The fourth-order valence-electron chi connectivity index (χ4n) is 8.13. The minimum absolute atomic E-state index is 0.0507. The summed E-state index contributed by atoms with van der Waals surface area (Å²) in [6, 6.07) is 23.4. The number of rotatable bonds is 24. The summed E-state index contributed by atoms with van der Waals surface area (Å²) < 4.78 is 71.3. The molecule has 0 radical (unpaired) electrons. The summed E-state index contributed by atoms with van der Waals surface area (Å²) in [5.41, 5.74) is 23.9. The molecule has 6 unspecified atom stereocenters. The van der Waals surface area contributed by atoms with E-state index in [4.69, 9.17) is 22.9 Å². The molecule has 21 heteroatoms. The molecule has 6 aromatic rings. The zero-order chi connectivity index (χ0) is 56.5. The summed E-state index contributed by atoms with van der Waals surface area (Å²) in [7, 11) is 0. The van der Waals surface area contributed by atoms with Crippen molar-refractivity contribution >= 4 is 35.2 Å². The van der Waals surface area contributed by atoms with Crippen LogP contribution in [0, 0.1) is 40.9 Å². The normalized spacial score (nSPS) is 13.3. The van der Waals surface area contributed by atoms with Crippen LogP contribution in [0.5, 0.6) is 23.0 Å². The van der Waals surface area contributed by atoms with E-state index in [1.807, 2.05) is 0 Å². The molecule has 0 aromatic heterocycles. The molecule has 0 aliphatic rings. The molecule has 6 rings (SSSR count). The van der Waals surface area contributed by atoms with Crippen LogP contribution in [0.2, 0.25) is 0 Å². The van der Waals surface area contributed by atoms with Crippen LogP contribution < -0.4 is 33.6 Å². The van der Waals surface area contributed by atoms with E-state index < -0.39 is 125 Å². The van der Waals surface area contributed by atoms with E-state index >= 15 is 0 Å². The van der Waals surface area contributed by atoms with Crippen LogP contribution in [0.25, 0.3) is 0 Å². The number of amides is 4. The molecule has 0 heterocycles. The molecule has 0 spiro atoms. The number of benzene rings is 6. The van der Waals surface area contributed by atoms with Gasteiger partial charge in [0.25, 0.3) is 0 Å². The highest BCUT2D eigenvalue weighted by molar-refractivity contribution is 5.94. The van der Waals surface area contributed by atoms with E-state index in [0.717, 1.165) is 6.07 Å². The van der Waals surface area contributed by atoms with Crippen LogP contribution in [0.3, 0.4) is 0 Å². The smallest absolute Gasteiger partial charge is 0.243 e. The van der Waals surface area contributed by atoms with E-state index in [-0.39, 0.29) is 77.8 Å². The maximum atomic E-state index is 14.4. The Kier molecular flexibility index (Phi) is 21.3. The van der Waals surface area contributed by atoms with Crippen molar-refractivity contribution in [1.29, 1.82) is 0 Å². The Morgan fingerprint density at radius 3 is 1.32 bits per heavy atom. The number of aromatic hydroxyl groups is 4. The number of halogens is 5. The van der Waals surface area contributed by atoms with Gasteiger partial charge in [0.15, 0.2) is 28.8 Å². The van der Waals surface area contributed by atoms with Crippen LogP contribution in [-0.2, 0) is 67.3 Å². The Hall–Kier alpha value is -8.69. The van der Waals surface area contributed by atoms with Gasteiger partial charge in [0, 0.05) is 43.6 Å². The zero-order valence-corrected chi connectivity index (χ0v) is 41.2. The Morgan fingerprint density at radius 1 is 0.403 bits per heavy atom. The summed E-state index contributed by atoms with van der Waals surface area (Å²) in [6.07, 6.45) is -2.12. The Balaban J connectivity index is 0.000000284. The lowest BCUT2D eigenvalue weighted by Crippen LogP contribution is -2.56. The number of ketones is 2. The van der Waals surface area contributed by atoms with Gasteiger partial charge in [-0.15, -0.1) is 0 Å². The fraction of sp³-hybridized carbons (Fsp3) is 0.250. The molecule has 77 heavy (non-hydrogen) atoms. The van der Waals surface area contributed by atoms with Crippen LogP contribution in [-0.4, -0.2) is 79.8 Å². The number of phenols is 4. The molecule has 0 saturated carbocycles. The summed E-state index contributed by atoms with van der Waals surface area (Å²) in [5.74, 6) is -12.2. The van der Waals surface area contributed by atoms with Crippen molar-refractivity contribution in [3.63, 3.8) is 0 Å². The van der Waals surface area contributed by atoms with Crippen molar-refractivity contribution < 1.29 is 71.1 Å². The highest BCUT2D eigenvalue weighted by Crippen LogP contribution is 2.31. The van der Waals surface area contributed by atoms with Gasteiger partial charge in [-0.1, -0.05) is 78.9 Å². The molecule has 0 fully saturated rings. The van der Waals surface area contributed by atoms with E-state index in [2.05, 4.69) is 10.6 Å². The highest BCUT2D eigenvalue weighted by atomic mass is 19.1. The highest BCUT2D eigenvalue weighted by Gasteiger charge is 2.32. The van der Waals surface area contributed by atoms with E-state index in [1.54, 1.807) is 24.3 Å². The van der Waals surface area contributed by atoms with Gasteiger partial charge in [-0.2, -0.15) is 0 Å². The van der Waals surface area contributed by atoms with E-state index in [1.165, 1.54) is 91.0 Å². The number of carbonyl (C=O) groups is 6. The molecule has 14 N–H and O–H groups in total. The van der Waals surface area contributed by atoms with Crippen molar-refractivity contribution in [3.8, 4) is 23.0 Å². The number of primary amides is 2. The molecule has 4 amide bonds. The van der Waals surface area contributed by atoms with Crippen molar-refractivity contribution in [3.05, 3.63) is 190 Å². The maximum Gasteiger partial charge on any atom is 0.243 e. The van der Waals surface area contributed by atoms with Gasteiger partial charge in [0.05, 0.1) is 12.1 Å². The van der Waals surface area contributed by atoms with Gasteiger partial charge < -0.3 is 54.0 Å². The standard InChI is InChI=1S/C29H29F3N2O5.C27H28F2N4O5/c30-21-7-3-1-5-16(21)9-19(13-26(36)24(33)11-17-6-2-4-8-22(17)31)25(35)14-20(29(34)39)10-18-12-27(37)28(38)15-23(18)32;28-18-7-3-1-5-16(18)13-21(25(31)36)32-27(38)22(14-17-6-2-4-8-19(17)29)33-26(37)20(30)11-15-9-10-23(34)24(35)12-15/h1-8,12,15,19-20,24,37-38H,9-11,13-14,33H2,(H2,34,39);1-10,12,20-22,34-35H,11,13-14,30H2,(H2,31,36)(H,32,38)(H,33,37). The molecular formula is C56H57F5N6O10. The topological polar surface area (TPSA) is 311 Å². The summed E-state index contributed by atoms with van der Waals surface area (Å²) in [6.45, 7) is 0. The van der Waals surface area contributed by atoms with Gasteiger partial charge in [0.1, 0.15) is 47.0 Å². The third-order valence-corrected chi connectivity index (χ3v) is 12.5. The number of hydrogen-bond donors (Lipinski definition) is 10. The zero-order valence-electron chi connectivity index (χ0n) is 41.2. The second kappa shape index (κ2) is 27.7. The molecule has 0 aliphatic heterocycles. The first-order chi connectivity index (χ1) is 36.5. The predicted octanol–water partition coefficient (Wildman–Crippen LogP) is 4.69. The summed E-state index contributed by atoms with van der Waals surface area (Å²) in [5, 5.41) is 43.2. The monoisotopic (exact) mass is 1070 g/mol. The first kappa shape index (κ1) is 59.2. The molecule has 6 aromatic carbocycles. The number of carbonyl (C=O) groups excluding carboxylic acids is 6. The van der Waals surface area contributed by atoms with Gasteiger partial charge in [0.2, 0.25) is 23.6 Å². The minimum atomic E-state index is -1.36. The minimum Gasteiger partial charge on any atom is -0.504 e. The van der Waals surface area contributed by atoms with Crippen molar-refractivity contribution in [2.45, 2.75) is 75.5 Å². The molecule has 406 valence electrons. The van der Waals surface area contributed by atoms with Crippen molar-refractivity contribution in [1.82, 2.24) is 10.6 Å². The van der Waals surface area contributed by atoms with Gasteiger partial charge >= 0.3 is 0 Å². The first-order valence-corrected chi connectivity index (χ1v) is 23.9. The Labute approximate surface area is 438 Å². The SMILES string of the molecule is NC(=O)C(CC(=O)C(CC(=O)C(N)Cc1ccccc1F)Cc1ccccc1F)Cc1cc(O)c(O)cc1F.NC(=O)C(Cc1ccccc1F)NC(=O)C(Cc1ccccc1F)NC(=O)C(N)Cc1ccc(O)c(O)c1. The average molecular weight is 1070 g/mol. The van der Waals surface area contributed by atoms with Crippen LogP contribution in [0.4, 0.5) is 22.0 Å². The Bertz CT molecular complexity index is 3090. The molecule has 16 nitrogen and oxygen atoms in total. The molecule has 0 aliphatic carbocycles. The summed E-state index contributed by atoms with van der Waals surface area (Å²) >= 11 is 0. The molecule has 6 atom stereocenters. The lowest BCUT2D eigenvalue weighted by Gasteiger charge is -2.24. The van der Waals surface area contributed by atoms with Crippen molar-refractivity contribution in [2.24, 2.45) is 34.8 Å². The van der Waals surface area contributed by atoms with Crippen molar-refractivity contribution in [2.75, 3.05) is 0 Å². The second-order valence-corrected chi connectivity index (χ2v) is 18.2. The molecule has 0 saturated heterocycles. The largest absolute Gasteiger partial charge is 0.504 e. The number of nitrogens with one attached hydrogen (secondary N) is 2. The number of phenolic OH excluding ortho intramolecular Hbond substituents is 4. The number of Topliss-reactive ketones (excluding diaryl/α,β-unsaturated/α-hetero) is 2. The van der Waals surface area contributed by atoms with Gasteiger partial charge in [-0.25, -0.2) is 22.0 Å². The van der Waals surface area contributed by atoms with E-state index in [0.29, 0.717) is 11.6 Å². The number of nitrogens with two attached hydrogens (primary N) is 4. The molecule has 0 bridgehead atoms. The fourth-order valence-corrected chi connectivity index (χ4v) is 8.13. The van der Waals surface area contributed by atoms with Crippen LogP contribution in [0.15, 0.2) is 127 Å². The third-order valence-electron chi connectivity index (χ3n) is 12.5. The first-order valence-electron chi connectivity index (χ1n) is 23.9. The second-order valence-electron chi connectivity index (χ2n) is 18.2. The van der Waals surface area contributed by atoms with Gasteiger partial charge in [-0.3, -0.25) is 28.8 Å². The van der Waals surface area contributed by atoms with E-state index in [9.17, 15) is 71.1 Å². The number of hydrogen-bond acceptors (Lipinski definition) is 12. The third kappa shape index (κ3) is 17.4. The maximum absolute atomic E-state index is 14.4. The predicted molar refractivity (Wildman–Crippen MR) is 272 cm³/mol.